The highest BCUT2D eigenvalue weighted by Gasteiger charge is 2.30. The first kappa shape index (κ1) is 17.2. The van der Waals surface area contributed by atoms with Gasteiger partial charge in [-0.1, -0.05) is 0 Å². The molecule has 25 heavy (non-hydrogen) atoms. The molecular formula is C17H14F2N2O3S. The van der Waals surface area contributed by atoms with Gasteiger partial charge in [-0.2, -0.15) is 5.26 Å². The first-order chi connectivity index (χ1) is 11.8. The highest BCUT2D eigenvalue weighted by Crippen LogP contribution is 2.42. The molecule has 1 aliphatic carbocycles. The molecule has 0 aliphatic heterocycles. The summed E-state index contributed by atoms with van der Waals surface area (Å²) in [5, 5.41) is 19.0. The Hall–Kier alpha value is -2.63. The number of fused-ring (bicyclic) bond motifs is 1. The minimum Gasteiger partial charge on any atom is -0.457 e. The molecular weight excluding hydrogens is 350 g/mol. The molecule has 0 saturated carbocycles. The number of rotatable bonds is 4. The molecule has 2 unspecified atom stereocenters. The third kappa shape index (κ3) is 3.29. The predicted molar refractivity (Wildman–Crippen MR) is 88.4 cm³/mol. The second-order valence-electron chi connectivity index (χ2n) is 5.60. The number of nitriles is 1. The van der Waals surface area contributed by atoms with Crippen molar-refractivity contribution >= 4 is 15.6 Å². The third-order valence-electron chi connectivity index (χ3n) is 3.90. The van der Waals surface area contributed by atoms with E-state index in [0.717, 1.165) is 18.2 Å². The minimum atomic E-state index is -3.12. The van der Waals surface area contributed by atoms with Gasteiger partial charge < -0.3 is 9.84 Å². The lowest BCUT2D eigenvalue weighted by Crippen LogP contribution is -2.20. The summed E-state index contributed by atoms with van der Waals surface area (Å²) in [6, 6.07) is 5.72. The average Bonchev–Trinajstić information content (AvgIpc) is 2.89. The highest BCUT2D eigenvalue weighted by atomic mass is 32.2. The van der Waals surface area contributed by atoms with E-state index in [1.807, 2.05) is 0 Å². The van der Waals surface area contributed by atoms with Crippen LogP contribution in [0.15, 0.2) is 35.2 Å². The standard InChI is InChI=1S/C17H14F2N2O3S/c1-25(23,21-9-20)16-5-4-15(13-2-3-14(22)17(13)16)24-12-7-10(18)6-11(19)8-12/h4-8,14,22H,1-3H2,(H,21,23). The zero-order chi connectivity index (χ0) is 18.2. The first-order valence-corrected chi connectivity index (χ1v) is 9.05. The topological polar surface area (TPSA) is 82.4 Å². The van der Waals surface area contributed by atoms with Crippen LogP contribution in [0.3, 0.4) is 0 Å². The quantitative estimate of drug-likeness (QED) is 0.497. The van der Waals surface area contributed by atoms with Gasteiger partial charge >= 0.3 is 0 Å². The second-order valence-corrected chi connectivity index (χ2v) is 7.60. The van der Waals surface area contributed by atoms with E-state index < -0.39 is 27.4 Å². The molecule has 2 N–H and O–H groups in total. The largest absolute Gasteiger partial charge is 0.457 e. The molecule has 0 spiro atoms. The van der Waals surface area contributed by atoms with Gasteiger partial charge in [0.1, 0.15) is 23.1 Å². The Kier molecular flexibility index (Phi) is 4.37. The molecule has 130 valence electrons. The maximum absolute atomic E-state index is 13.3. The number of ether oxygens (including phenoxy) is 1. The van der Waals surface area contributed by atoms with Crippen molar-refractivity contribution in [2.24, 2.45) is 0 Å². The molecule has 5 nitrogen and oxygen atoms in total. The van der Waals surface area contributed by atoms with Gasteiger partial charge in [-0.25, -0.2) is 17.7 Å². The van der Waals surface area contributed by atoms with Gasteiger partial charge in [-0.15, -0.1) is 0 Å². The minimum absolute atomic E-state index is 0.0284. The van der Waals surface area contributed by atoms with Crippen LogP contribution in [0.4, 0.5) is 8.78 Å². The number of nitrogens with zero attached hydrogens (tertiary/aromatic N) is 1. The predicted octanol–water partition coefficient (Wildman–Crippen LogP) is 2.80. The van der Waals surface area contributed by atoms with Crippen LogP contribution in [0.1, 0.15) is 23.7 Å². The molecule has 2 aromatic carbocycles. The van der Waals surface area contributed by atoms with E-state index >= 15 is 0 Å². The number of hydrogen-bond donors (Lipinski definition) is 2. The third-order valence-corrected chi connectivity index (χ3v) is 5.39. The fourth-order valence-corrected chi connectivity index (χ4v) is 4.06. The van der Waals surface area contributed by atoms with Crippen LogP contribution in [0, 0.1) is 23.1 Å². The van der Waals surface area contributed by atoms with E-state index in [0.29, 0.717) is 29.7 Å². The van der Waals surface area contributed by atoms with Crippen molar-refractivity contribution in [2.75, 3.05) is 0 Å². The summed E-state index contributed by atoms with van der Waals surface area (Å²) >= 11 is 0. The van der Waals surface area contributed by atoms with E-state index in [2.05, 4.69) is 10.6 Å². The summed E-state index contributed by atoms with van der Waals surface area (Å²) in [6.07, 6.45) is 1.51. The summed E-state index contributed by atoms with van der Waals surface area (Å²) < 4.78 is 46.9. The van der Waals surface area contributed by atoms with Crippen LogP contribution in [-0.2, 0) is 16.1 Å². The van der Waals surface area contributed by atoms with Crippen molar-refractivity contribution < 1.29 is 22.8 Å². The normalized spacial score (nSPS) is 18.1. The molecule has 0 radical (unpaired) electrons. The number of aliphatic hydroxyl groups excluding tert-OH is 1. The van der Waals surface area contributed by atoms with Crippen LogP contribution in [0.2, 0.25) is 0 Å². The molecule has 0 aromatic heterocycles. The van der Waals surface area contributed by atoms with E-state index in [1.54, 1.807) is 6.19 Å². The second kappa shape index (κ2) is 6.35. The zero-order valence-electron chi connectivity index (χ0n) is 13.0. The lowest BCUT2D eigenvalue weighted by atomic mass is 10.1. The van der Waals surface area contributed by atoms with E-state index in [1.165, 1.54) is 12.1 Å². The van der Waals surface area contributed by atoms with Crippen molar-refractivity contribution in [3.8, 4) is 17.7 Å². The molecule has 8 heteroatoms. The van der Waals surface area contributed by atoms with Gasteiger partial charge in [-0.3, -0.25) is 0 Å². The number of hydrogen-bond acceptors (Lipinski definition) is 4. The zero-order valence-corrected chi connectivity index (χ0v) is 13.8. The Balaban J connectivity index is 2.08. The van der Waals surface area contributed by atoms with Crippen molar-refractivity contribution in [3.63, 3.8) is 0 Å². The lowest BCUT2D eigenvalue weighted by Gasteiger charge is -2.17. The van der Waals surface area contributed by atoms with Gasteiger partial charge in [0.05, 0.1) is 20.7 Å². The van der Waals surface area contributed by atoms with Crippen LogP contribution in [0.5, 0.6) is 11.5 Å². The Bertz CT molecular complexity index is 964. The van der Waals surface area contributed by atoms with Gasteiger partial charge in [0.25, 0.3) is 0 Å². The maximum Gasteiger partial charge on any atom is 0.189 e. The van der Waals surface area contributed by atoms with Crippen LogP contribution in [0.25, 0.3) is 0 Å². The Morgan fingerprint density at radius 3 is 2.64 bits per heavy atom. The van der Waals surface area contributed by atoms with Gasteiger partial charge in [0, 0.05) is 29.3 Å². The van der Waals surface area contributed by atoms with Gasteiger partial charge in [0.2, 0.25) is 0 Å². The highest BCUT2D eigenvalue weighted by molar-refractivity contribution is 7.98. The number of benzene rings is 2. The van der Waals surface area contributed by atoms with E-state index in [9.17, 15) is 18.1 Å². The SMILES string of the molecule is C=S(=O)(NC#N)c1ccc(Oc2cc(F)cc(F)c2)c2c1C(O)CC2. The van der Waals surface area contributed by atoms with Gasteiger partial charge in [0.15, 0.2) is 6.19 Å². The Labute approximate surface area is 143 Å². The van der Waals surface area contributed by atoms with Crippen LogP contribution in [-0.4, -0.2) is 15.2 Å². The summed E-state index contributed by atoms with van der Waals surface area (Å²) in [4.78, 5) is 0.215. The van der Waals surface area contributed by atoms with Crippen molar-refractivity contribution in [2.45, 2.75) is 23.8 Å². The van der Waals surface area contributed by atoms with Gasteiger partial charge in [-0.05, 0) is 30.8 Å². The Morgan fingerprint density at radius 2 is 2.00 bits per heavy atom. The molecule has 0 heterocycles. The van der Waals surface area contributed by atoms with E-state index in [-0.39, 0.29) is 10.6 Å². The van der Waals surface area contributed by atoms with Crippen molar-refractivity contribution in [3.05, 3.63) is 53.1 Å². The molecule has 1 aliphatic rings. The number of nitrogens with one attached hydrogen (secondary N) is 1. The number of aliphatic hydroxyl groups is 1. The van der Waals surface area contributed by atoms with Crippen LogP contribution < -0.4 is 9.46 Å². The van der Waals surface area contributed by atoms with Crippen molar-refractivity contribution in [1.82, 2.24) is 4.72 Å². The molecule has 2 aromatic rings. The number of halogens is 2. The molecule has 0 bridgehead atoms. The Morgan fingerprint density at radius 1 is 1.32 bits per heavy atom. The molecule has 0 fully saturated rings. The summed E-state index contributed by atoms with van der Waals surface area (Å²) in [6.45, 7) is 0. The monoisotopic (exact) mass is 364 g/mol. The molecule has 2 atom stereocenters. The molecule has 3 rings (SSSR count). The smallest absolute Gasteiger partial charge is 0.189 e. The molecule has 0 amide bonds. The van der Waals surface area contributed by atoms with Crippen molar-refractivity contribution in [1.29, 1.82) is 5.26 Å². The molecule has 0 saturated heterocycles. The summed E-state index contributed by atoms with van der Waals surface area (Å²) in [7, 11) is -3.12. The fraction of sp³-hybridized carbons (Fsp3) is 0.176. The first-order valence-electron chi connectivity index (χ1n) is 7.32. The fourth-order valence-electron chi connectivity index (χ4n) is 2.90. The summed E-state index contributed by atoms with van der Waals surface area (Å²) in [5.41, 5.74) is 0.947. The maximum atomic E-state index is 13.3. The lowest BCUT2D eigenvalue weighted by molar-refractivity contribution is 0.177. The average molecular weight is 364 g/mol. The van der Waals surface area contributed by atoms with Crippen LogP contribution >= 0.6 is 0 Å². The van der Waals surface area contributed by atoms with E-state index in [4.69, 9.17) is 10.00 Å². The summed E-state index contributed by atoms with van der Waals surface area (Å²) in [5.74, 6) is 2.24.